The summed E-state index contributed by atoms with van der Waals surface area (Å²) < 4.78 is 10.1. The van der Waals surface area contributed by atoms with Crippen LogP contribution < -0.4 is 5.32 Å². The van der Waals surface area contributed by atoms with Crippen LogP contribution in [0.25, 0.3) is 0 Å². The summed E-state index contributed by atoms with van der Waals surface area (Å²) in [6.07, 6.45) is 5.49. The van der Waals surface area contributed by atoms with Crippen molar-refractivity contribution < 1.29 is 33.4 Å². The second-order valence-corrected chi connectivity index (χ2v) is 8.59. The fourth-order valence-electron chi connectivity index (χ4n) is 4.83. The fraction of sp³-hybridized carbons (Fsp3) is 0.458. The van der Waals surface area contributed by atoms with E-state index in [9.17, 15) is 24.0 Å². The van der Waals surface area contributed by atoms with Crippen molar-refractivity contribution in [1.82, 2.24) is 4.90 Å². The van der Waals surface area contributed by atoms with Gasteiger partial charge in [-0.3, -0.25) is 19.3 Å². The van der Waals surface area contributed by atoms with Gasteiger partial charge in [0.05, 0.1) is 24.0 Å². The van der Waals surface area contributed by atoms with E-state index in [4.69, 9.17) is 9.47 Å². The van der Waals surface area contributed by atoms with Crippen LogP contribution in [-0.4, -0.2) is 53.8 Å². The summed E-state index contributed by atoms with van der Waals surface area (Å²) >= 11 is 0. The highest BCUT2D eigenvalue weighted by Gasteiger charge is 2.60. The topological polar surface area (TPSA) is 119 Å². The number of likely N-dealkylation sites (tertiary alicyclic amines) is 1. The minimum atomic E-state index is -1.10. The number of ether oxygens (including phenoxy) is 2. The molecule has 2 fully saturated rings. The van der Waals surface area contributed by atoms with Gasteiger partial charge in [-0.1, -0.05) is 19.1 Å². The zero-order chi connectivity index (χ0) is 23.7. The van der Waals surface area contributed by atoms with E-state index in [0.29, 0.717) is 17.9 Å². The number of anilines is 1. The van der Waals surface area contributed by atoms with E-state index in [0.717, 1.165) is 17.7 Å². The summed E-state index contributed by atoms with van der Waals surface area (Å²) in [4.78, 5) is 63.0. The third-order valence-electron chi connectivity index (χ3n) is 6.42. The molecule has 1 saturated heterocycles. The van der Waals surface area contributed by atoms with Crippen molar-refractivity contribution in [3.8, 4) is 0 Å². The van der Waals surface area contributed by atoms with E-state index in [1.807, 2.05) is 19.1 Å². The Bertz CT molecular complexity index is 986. The Morgan fingerprint density at radius 2 is 1.64 bits per heavy atom. The van der Waals surface area contributed by atoms with Crippen LogP contribution in [0.3, 0.4) is 0 Å². The number of hydrogen-bond donors (Lipinski definition) is 1. The molecule has 0 spiro atoms. The number of allylic oxidation sites excluding steroid dienone is 2. The Morgan fingerprint density at radius 1 is 1.03 bits per heavy atom. The molecule has 1 saturated carbocycles. The van der Waals surface area contributed by atoms with Gasteiger partial charge in [-0.05, 0) is 55.9 Å². The number of amides is 3. The Balaban J connectivity index is 1.27. The lowest BCUT2D eigenvalue weighted by Crippen LogP contribution is -2.45. The first-order valence-corrected chi connectivity index (χ1v) is 11.1. The molecule has 5 atom stereocenters. The van der Waals surface area contributed by atoms with Crippen molar-refractivity contribution >= 4 is 35.3 Å². The first-order chi connectivity index (χ1) is 15.8. The molecule has 2 bridgehead atoms. The van der Waals surface area contributed by atoms with Crippen LogP contribution in [0.15, 0.2) is 36.4 Å². The van der Waals surface area contributed by atoms with Gasteiger partial charge in [0.15, 0.2) is 6.61 Å². The third kappa shape index (κ3) is 4.27. The van der Waals surface area contributed by atoms with Crippen LogP contribution in [0.2, 0.25) is 0 Å². The number of benzene rings is 1. The van der Waals surface area contributed by atoms with Gasteiger partial charge in [0, 0.05) is 5.69 Å². The summed E-state index contributed by atoms with van der Waals surface area (Å²) in [6.45, 7) is 3.09. The number of fused-ring (bicyclic) bond motifs is 5. The zero-order valence-electron chi connectivity index (χ0n) is 18.5. The van der Waals surface area contributed by atoms with E-state index in [2.05, 4.69) is 5.32 Å². The Hall–Kier alpha value is -3.49. The molecule has 3 aliphatic rings. The van der Waals surface area contributed by atoms with Gasteiger partial charge in [0.1, 0.15) is 6.04 Å². The van der Waals surface area contributed by atoms with E-state index in [-0.39, 0.29) is 23.7 Å². The number of carbonyl (C=O) groups is 5. The van der Waals surface area contributed by atoms with E-state index >= 15 is 0 Å². The van der Waals surface area contributed by atoms with Crippen molar-refractivity contribution in [2.45, 2.75) is 32.7 Å². The minimum Gasteiger partial charge on any atom is -0.462 e. The molecule has 1 N–H and O–H groups in total. The summed E-state index contributed by atoms with van der Waals surface area (Å²) in [6, 6.07) is 5.01. The first-order valence-electron chi connectivity index (χ1n) is 11.1. The van der Waals surface area contributed by atoms with Gasteiger partial charge in [-0.25, -0.2) is 9.59 Å². The van der Waals surface area contributed by atoms with Gasteiger partial charge in [0.2, 0.25) is 11.8 Å². The van der Waals surface area contributed by atoms with Crippen LogP contribution in [0.5, 0.6) is 0 Å². The van der Waals surface area contributed by atoms with Crippen molar-refractivity contribution in [3.05, 3.63) is 42.0 Å². The van der Waals surface area contributed by atoms with Gasteiger partial charge in [-0.15, -0.1) is 0 Å². The molecule has 0 aromatic heterocycles. The van der Waals surface area contributed by atoms with Crippen LogP contribution in [0.4, 0.5) is 5.69 Å². The SMILES string of the molecule is CCCOC(=O)c1ccc(NC(=O)COC(=O)[C@H](C)N2C(=O)[C@H]3[C@H](C2=O)[C@H]2C=C[C@H]3C2)cc1. The molecule has 1 aromatic carbocycles. The van der Waals surface area contributed by atoms with Gasteiger partial charge >= 0.3 is 11.9 Å². The van der Waals surface area contributed by atoms with Crippen molar-refractivity contribution in [1.29, 1.82) is 0 Å². The largest absolute Gasteiger partial charge is 0.462 e. The summed E-state index contributed by atoms with van der Waals surface area (Å²) in [5.74, 6) is -3.22. The molecule has 9 heteroatoms. The number of esters is 2. The minimum absolute atomic E-state index is 0.0512. The first kappa shape index (κ1) is 22.7. The summed E-state index contributed by atoms with van der Waals surface area (Å²) in [5.41, 5.74) is 0.770. The highest BCUT2D eigenvalue weighted by atomic mass is 16.5. The molecule has 1 aromatic rings. The normalized spacial score (nSPS) is 25.7. The molecule has 174 valence electrons. The molecule has 4 rings (SSSR count). The predicted octanol–water partition coefficient (Wildman–Crippen LogP) is 1.93. The number of carbonyl (C=O) groups excluding carboxylic acids is 5. The lowest BCUT2D eigenvalue weighted by atomic mass is 9.85. The molecule has 3 amide bonds. The molecular formula is C24H26N2O7. The summed E-state index contributed by atoms with van der Waals surface area (Å²) in [5, 5.41) is 2.56. The van der Waals surface area contributed by atoms with E-state index in [1.54, 1.807) is 0 Å². The van der Waals surface area contributed by atoms with Gasteiger partial charge in [0.25, 0.3) is 5.91 Å². The maximum atomic E-state index is 12.8. The molecular weight excluding hydrogens is 428 g/mol. The number of nitrogens with zero attached hydrogens (tertiary/aromatic N) is 1. The lowest BCUT2D eigenvalue weighted by molar-refractivity contribution is -0.159. The average molecular weight is 454 g/mol. The maximum Gasteiger partial charge on any atom is 0.338 e. The van der Waals surface area contributed by atoms with Crippen LogP contribution >= 0.6 is 0 Å². The lowest BCUT2D eigenvalue weighted by Gasteiger charge is -2.23. The van der Waals surface area contributed by atoms with E-state index in [1.165, 1.54) is 31.2 Å². The van der Waals surface area contributed by atoms with Gasteiger partial charge < -0.3 is 14.8 Å². The molecule has 33 heavy (non-hydrogen) atoms. The van der Waals surface area contributed by atoms with Crippen LogP contribution in [-0.2, 0) is 28.7 Å². The molecule has 1 heterocycles. The highest BCUT2D eigenvalue weighted by molar-refractivity contribution is 6.09. The van der Waals surface area contributed by atoms with Crippen molar-refractivity contribution in [3.63, 3.8) is 0 Å². The highest BCUT2D eigenvalue weighted by Crippen LogP contribution is 2.52. The second kappa shape index (κ2) is 9.17. The quantitative estimate of drug-likeness (QED) is 0.362. The zero-order valence-corrected chi connectivity index (χ0v) is 18.5. The predicted molar refractivity (Wildman–Crippen MR) is 116 cm³/mol. The van der Waals surface area contributed by atoms with Crippen molar-refractivity contribution in [2.75, 3.05) is 18.5 Å². The molecule has 1 aliphatic heterocycles. The standard InChI is InChI=1S/C24H26N2O7/c1-3-10-32-24(31)14-6-8-17(9-7-14)25-18(27)12-33-23(30)13(2)26-21(28)19-15-4-5-16(11-15)20(19)22(26)29/h4-9,13,15-16,19-20H,3,10-12H2,1-2H3,(H,25,27)/t13-,15-,16-,19+,20+/m0/s1. The second-order valence-electron chi connectivity index (χ2n) is 8.59. The maximum absolute atomic E-state index is 12.8. The monoisotopic (exact) mass is 454 g/mol. The van der Waals surface area contributed by atoms with Crippen LogP contribution in [0.1, 0.15) is 37.0 Å². The molecule has 2 aliphatic carbocycles. The molecule has 9 nitrogen and oxygen atoms in total. The Kier molecular flexibility index (Phi) is 6.31. The molecule has 0 radical (unpaired) electrons. The molecule has 0 unspecified atom stereocenters. The third-order valence-corrected chi connectivity index (χ3v) is 6.42. The summed E-state index contributed by atoms with van der Waals surface area (Å²) in [7, 11) is 0. The van der Waals surface area contributed by atoms with Gasteiger partial charge in [-0.2, -0.15) is 0 Å². The van der Waals surface area contributed by atoms with Crippen molar-refractivity contribution in [2.24, 2.45) is 23.7 Å². The number of nitrogens with one attached hydrogen (secondary N) is 1. The Labute approximate surface area is 191 Å². The fourth-order valence-corrected chi connectivity index (χ4v) is 4.83. The van der Waals surface area contributed by atoms with Crippen LogP contribution in [0, 0.1) is 23.7 Å². The Morgan fingerprint density at radius 3 is 2.21 bits per heavy atom. The smallest absolute Gasteiger partial charge is 0.338 e. The number of imide groups is 1. The number of rotatable bonds is 8. The number of hydrogen-bond acceptors (Lipinski definition) is 7. The van der Waals surface area contributed by atoms with E-state index < -0.39 is 42.3 Å². The average Bonchev–Trinajstić information content (AvgIpc) is 3.49.